The van der Waals surface area contributed by atoms with Gasteiger partial charge < -0.3 is 19.0 Å². The summed E-state index contributed by atoms with van der Waals surface area (Å²) in [5.74, 6) is 2.72. The minimum Gasteiger partial charge on any atom is -0.379 e. The molecule has 2 aromatic heterocycles. The second-order valence-corrected chi connectivity index (χ2v) is 12.5. The van der Waals surface area contributed by atoms with Crippen LogP contribution >= 0.6 is 0 Å². The van der Waals surface area contributed by atoms with Gasteiger partial charge in [0.15, 0.2) is 0 Å². The van der Waals surface area contributed by atoms with Crippen LogP contribution in [0.25, 0.3) is 4.85 Å². The van der Waals surface area contributed by atoms with E-state index in [0.717, 1.165) is 47.7 Å². The number of hydrogen-bond acceptors (Lipinski definition) is 8. The number of carbonyl (C=O) groups is 1. The first-order valence-electron chi connectivity index (χ1n) is 15.4. The number of hydrogen-bond donors (Lipinski definition) is 0. The SMILES string of the molecule is [C-]#[N+]CCN(CCC#N)c1cc(C2(Cc3nncn3C)COC2)cc(N2Cc3ccc(CN4CCC[C@H](C)C4)cc3C2=O)n1. The summed E-state index contributed by atoms with van der Waals surface area (Å²) in [6.07, 6.45) is 5.12. The van der Waals surface area contributed by atoms with Gasteiger partial charge in [-0.1, -0.05) is 19.1 Å². The van der Waals surface area contributed by atoms with Gasteiger partial charge in [-0.15, -0.1) is 10.2 Å². The number of aromatic nitrogens is 4. The molecule has 3 aromatic rings. The van der Waals surface area contributed by atoms with Crippen LogP contribution in [0.15, 0.2) is 36.7 Å². The summed E-state index contributed by atoms with van der Waals surface area (Å²) in [6, 6.07) is 12.6. The molecule has 1 amide bonds. The predicted molar refractivity (Wildman–Crippen MR) is 166 cm³/mol. The summed E-state index contributed by atoms with van der Waals surface area (Å²) < 4.78 is 7.69. The van der Waals surface area contributed by atoms with Gasteiger partial charge in [-0.05, 0) is 60.2 Å². The van der Waals surface area contributed by atoms with Gasteiger partial charge in [-0.3, -0.25) is 14.6 Å². The molecule has 0 unspecified atom stereocenters. The van der Waals surface area contributed by atoms with Crippen molar-refractivity contribution in [3.63, 3.8) is 0 Å². The maximum absolute atomic E-state index is 14.0. The highest BCUT2D eigenvalue weighted by molar-refractivity contribution is 6.09. The van der Waals surface area contributed by atoms with E-state index in [1.807, 2.05) is 28.6 Å². The molecule has 5 heterocycles. The number of carbonyl (C=O) groups excluding carboxylic acids is 1. The smallest absolute Gasteiger partial charge is 0.260 e. The lowest BCUT2D eigenvalue weighted by Crippen LogP contribution is -2.49. The Morgan fingerprint density at radius 3 is 2.82 bits per heavy atom. The zero-order valence-corrected chi connectivity index (χ0v) is 25.6. The van der Waals surface area contributed by atoms with Crippen LogP contribution in [-0.2, 0) is 36.7 Å². The van der Waals surface area contributed by atoms with Gasteiger partial charge in [-0.2, -0.15) is 5.26 Å². The quantitative estimate of drug-likeness (QED) is 0.310. The first-order chi connectivity index (χ1) is 21.4. The molecule has 2 fully saturated rings. The summed E-state index contributed by atoms with van der Waals surface area (Å²) in [4.78, 5) is 28.8. The van der Waals surface area contributed by atoms with E-state index in [9.17, 15) is 10.1 Å². The van der Waals surface area contributed by atoms with Crippen molar-refractivity contribution in [2.75, 3.05) is 55.7 Å². The van der Waals surface area contributed by atoms with E-state index in [0.29, 0.717) is 63.2 Å². The second kappa shape index (κ2) is 12.7. The molecule has 0 N–H and O–H groups in total. The van der Waals surface area contributed by atoms with E-state index in [1.165, 1.54) is 12.8 Å². The van der Waals surface area contributed by atoms with E-state index in [-0.39, 0.29) is 17.9 Å². The van der Waals surface area contributed by atoms with Gasteiger partial charge in [0.05, 0.1) is 38.8 Å². The average Bonchev–Trinajstić information content (AvgIpc) is 3.56. The summed E-state index contributed by atoms with van der Waals surface area (Å²) in [5, 5.41) is 17.7. The maximum atomic E-state index is 14.0. The van der Waals surface area contributed by atoms with Crippen LogP contribution < -0.4 is 9.80 Å². The van der Waals surface area contributed by atoms with E-state index < -0.39 is 0 Å². The van der Waals surface area contributed by atoms with Crippen LogP contribution in [0.2, 0.25) is 0 Å². The fourth-order valence-electron chi connectivity index (χ4n) is 6.61. The molecule has 1 aromatic carbocycles. The minimum atomic E-state index is -0.359. The summed E-state index contributed by atoms with van der Waals surface area (Å²) in [6.45, 7) is 15.3. The zero-order chi connectivity index (χ0) is 30.7. The molecule has 0 radical (unpaired) electrons. The first kappa shape index (κ1) is 29.7. The Morgan fingerprint density at radius 2 is 2.11 bits per heavy atom. The molecule has 11 heteroatoms. The Kier molecular flexibility index (Phi) is 8.60. The number of fused-ring (bicyclic) bond motifs is 1. The molecule has 44 heavy (non-hydrogen) atoms. The van der Waals surface area contributed by atoms with E-state index in [1.54, 1.807) is 11.2 Å². The summed E-state index contributed by atoms with van der Waals surface area (Å²) in [5.41, 5.74) is 3.53. The van der Waals surface area contributed by atoms with Crippen molar-refractivity contribution in [3.8, 4) is 6.07 Å². The number of rotatable bonds is 11. The number of amides is 1. The number of likely N-dealkylation sites (tertiary alicyclic amines) is 1. The lowest BCUT2D eigenvalue weighted by atomic mass is 9.75. The van der Waals surface area contributed by atoms with Crippen molar-refractivity contribution in [2.24, 2.45) is 13.0 Å². The third-order valence-electron chi connectivity index (χ3n) is 9.17. The van der Waals surface area contributed by atoms with Gasteiger partial charge in [0.1, 0.15) is 23.8 Å². The van der Waals surface area contributed by atoms with Crippen molar-refractivity contribution in [1.29, 1.82) is 5.26 Å². The molecule has 2 saturated heterocycles. The molecular weight excluding hydrogens is 554 g/mol. The van der Waals surface area contributed by atoms with Crippen LogP contribution in [0.4, 0.5) is 11.6 Å². The highest BCUT2D eigenvalue weighted by Gasteiger charge is 2.43. The normalized spacial score (nSPS) is 19.2. The van der Waals surface area contributed by atoms with Crippen molar-refractivity contribution in [1.82, 2.24) is 24.6 Å². The largest absolute Gasteiger partial charge is 0.379 e. The maximum Gasteiger partial charge on any atom is 0.260 e. The number of benzene rings is 1. The molecule has 228 valence electrons. The fraction of sp³-hybridized carbons (Fsp3) is 0.515. The third-order valence-corrected chi connectivity index (χ3v) is 9.17. The number of nitrogens with zero attached hydrogens (tertiary/aromatic N) is 9. The van der Waals surface area contributed by atoms with Gasteiger partial charge >= 0.3 is 0 Å². The molecule has 0 saturated carbocycles. The van der Waals surface area contributed by atoms with Crippen molar-refractivity contribution in [3.05, 3.63) is 76.2 Å². The van der Waals surface area contributed by atoms with Gasteiger partial charge in [0.25, 0.3) is 5.91 Å². The average molecular weight is 594 g/mol. The third kappa shape index (κ3) is 6.03. The zero-order valence-electron chi connectivity index (χ0n) is 25.6. The van der Waals surface area contributed by atoms with Crippen LogP contribution in [0, 0.1) is 23.8 Å². The van der Waals surface area contributed by atoms with E-state index >= 15 is 0 Å². The lowest BCUT2D eigenvalue weighted by molar-refractivity contribution is -0.0611. The molecule has 0 bridgehead atoms. The highest BCUT2D eigenvalue weighted by Crippen LogP contribution is 2.40. The first-order valence-corrected chi connectivity index (χ1v) is 15.4. The minimum absolute atomic E-state index is 0.0543. The standard InChI is InChI=1S/C33H39N9O2/c1-24-6-4-11-40(18-24)19-25-7-8-26-20-42(32(43)28(26)14-25)30-16-27(15-29(37-30)41(12-5-9-34)13-10-35-2)33(21-44-22-33)17-31-38-36-23-39(31)3/h7-8,14-16,23-24H,4-6,10-13,17-22H2,1,3H3/t24-/m0/s1. The monoisotopic (exact) mass is 593 g/mol. The van der Waals surface area contributed by atoms with E-state index in [2.05, 4.69) is 51.1 Å². The Balaban J connectivity index is 1.34. The van der Waals surface area contributed by atoms with Crippen LogP contribution in [-0.4, -0.2) is 76.5 Å². The number of nitriles is 1. The number of pyridine rings is 1. The molecular formula is C33H39N9O2. The van der Waals surface area contributed by atoms with Crippen molar-refractivity contribution < 1.29 is 9.53 Å². The Hall–Kier alpha value is -4.32. The second-order valence-electron chi connectivity index (χ2n) is 12.5. The predicted octanol–water partition coefficient (Wildman–Crippen LogP) is 3.75. The summed E-state index contributed by atoms with van der Waals surface area (Å²) in [7, 11) is 1.93. The molecule has 6 rings (SSSR count). The Labute approximate surface area is 258 Å². The van der Waals surface area contributed by atoms with Crippen molar-refractivity contribution >= 4 is 17.5 Å². The Morgan fingerprint density at radius 1 is 1.25 bits per heavy atom. The number of ether oxygens (including phenoxy) is 1. The van der Waals surface area contributed by atoms with Gasteiger partial charge in [0.2, 0.25) is 6.54 Å². The molecule has 0 aliphatic carbocycles. The van der Waals surface area contributed by atoms with Crippen LogP contribution in [0.3, 0.4) is 0 Å². The molecule has 3 aliphatic heterocycles. The van der Waals surface area contributed by atoms with Gasteiger partial charge in [-0.25, -0.2) is 11.6 Å². The topological polar surface area (TPSA) is 108 Å². The number of aryl methyl sites for hydroxylation is 1. The molecule has 3 aliphatic rings. The molecule has 11 nitrogen and oxygen atoms in total. The number of anilines is 2. The molecule has 0 spiro atoms. The fourth-order valence-corrected chi connectivity index (χ4v) is 6.61. The van der Waals surface area contributed by atoms with Crippen LogP contribution in [0.5, 0.6) is 0 Å². The molecule has 1 atom stereocenters. The van der Waals surface area contributed by atoms with Crippen LogP contribution in [0.1, 0.15) is 59.1 Å². The van der Waals surface area contributed by atoms with Gasteiger partial charge in [0, 0.05) is 44.1 Å². The summed E-state index contributed by atoms with van der Waals surface area (Å²) >= 11 is 0. The Bertz CT molecular complexity index is 1580. The van der Waals surface area contributed by atoms with Crippen molar-refractivity contribution in [2.45, 2.75) is 51.1 Å². The lowest BCUT2D eigenvalue weighted by Gasteiger charge is -2.42. The highest BCUT2D eigenvalue weighted by atomic mass is 16.5. The number of piperidine rings is 1. The van der Waals surface area contributed by atoms with E-state index in [4.69, 9.17) is 16.3 Å².